The molecule has 2 N–H and O–H groups in total. The van der Waals surface area contributed by atoms with E-state index in [1.165, 1.54) is 11.0 Å². The molecule has 2 amide bonds. The van der Waals surface area contributed by atoms with Crippen molar-refractivity contribution in [2.24, 2.45) is 0 Å². The van der Waals surface area contributed by atoms with Crippen LogP contribution in [0.25, 0.3) is 0 Å². The van der Waals surface area contributed by atoms with Gasteiger partial charge in [0.2, 0.25) is 5.91 Å². The molecule has 2 aromatic carbocycles. The van der Waals surface area contributed by atoms with Gasteiger partial charge in [-0.2, -0.15) is 0 Å². The van der Waals surface area contributed by atoms with Gasteiger partial charge in [-0.1, -0.05) is 19.9 Å². The summed E-state index contributed by atoms with van der Waals surface area (Å²) in [6, 6.07) is 7.74. The fourth-order valence-corrected chi connectivity index (χ4v) is 5.42. The fourth-order valence-electron chi connectivity index (χ4n) is 5.42. The number of benzene rings is 2. The number of nitrogens with zero attached hydrogens (tertiary/aromatic N) is 1. The summed E-state index contributed by atoms with van der Waals surface area (Å²) in [5.41, 5.74) is 3.31. The van der Waals surface area contributed by atoms with Crippen LogP contribution in [-0.2, 0) is 32.6 Å². The van der Waals surface area contributed by atoms with Gasteiger partial charge < -0.3 is 20.1 Å². The lowest BCUT2D eigenvalue weighted by atomic mass is 9.86. The molecule has 7 nitrogen and oxygen atoms in total. The summed E-state index contributed by atoms with van der Waals surface area (Å²) < 4.78 is 20.6. The SMILES string of the molecule is CCOc1ccc2c(c1)CCN(C(=O)CCCC(=O)O)[C@H]2C(=O)Nc1cc(F)c2c(c1)CCC2(C)C. The maximum absolute atomic E-state index is 15.0. The Hall–Kier alpha value is -3.42. The standard InChI is InChI=1S/C28H33FN2O5/c1-4-36-20-8-9-21-17(15-20)11-13-31(23(32)6-5-7-24(33)34)26(21)27(35)30-19-14-18-10-12-28(2,3)25(18)22(29)16-19/h8-9,14-16,26H,4-7,10-13H2,1-3H3,(H,30,35)(H,33,34)/t26-/m1/s1. The molecular formula is C28H33FN2O5. The van der Waals surface area contributed by atoms with Crippen LogP contribution in [0.2, 0.25) is 0 Å². The van der Waals surface area contributed by atoms with Crippen LogP contribution in [0.5, 0.6) is 5.75 Å². The van der Waals surface area contributed by atoms with E-state index in [-0.39, 0.29) is 36.4 Å². The number of nitrogens with one attached hydrogen (secondary N) is 1. The van der Waals surface area contributed by atoms with Crippen molar-refractivity contribution in [2.75, 3.05) is 18.5 Å². The first kappa shape index (κ1) is 25.7. The number of anilines is 1. The molecule has 1 heterocycles. The summed E-state index contributed by atoms with van der Waals surface area (Å²) in [5.74, 6) is -1.32. The molecule has 36 heavy (non-hydrogen) atoms. The van der Waals surface area contributed by atoms with E-state index in [2.05, 4.69) is 5.32 Å². The zero-order valence-corrected chi connectivity index (χ0v) is 21.0. The molecule has 2 aromatic rings. The third-order valence-electron chi connectivity index (χ3n) is 7.14. The summed E-state index contributed by atoms with van der Waals surface area (Å²) in [6.07, 6.45) is 2.24. The van der Waals surface area contributed by atoms with E-state index < -0.39 is 17.9 Å². The zero-order chi connectivity index (χ0) is 26.0. The minimum Gasteiger partial charge on any atom is -0.494 e. The van der Waals surface area contributed by atoms with E-state index in [1.54, 1.807) is 12.1 Å². The van der Waals surface area contributed by atoms with E-state index in [0.29, 0.717) is 42.1 Å². The molecule has 0 bridgehead atoms. The van der Waals surface area contributed by atoms with Gasteiger partial charge in [0.1, 0.15) is 17.6 Å². The monoisotopic (exact) mass is 496 g/mol. The molecule has 0 aromatic heterocycles. The normalized spacial score (nSPS) is 17.8. The van der Waals surface area contributed by atoms with Crippen molar-refractivity contribution in [1.29, 1.82) is 0 Å². The Morgan fingerprint density at radius 1 is 1.14 bits per heavy atom. The molecule has 0 spiro atoms. The molecule has 0 fully saturated rings. The number of carbonyl (C=O) groups excluding carboxylic acids is 2. The molecule has 0 unspecified atom stereocenters. The van der Waals surface area contributed by atoms with Crippen LogP contribution in [-0.4, -0.2) is 40.9 Å². The van der Waals surface area contributed by atoms with Crippen LogP contribution in [0.1, 0.15) is 74.8 Å². The Kier molecular flexibility index (Phi) is 7.33. The largest absolute Gasteiger partial charge is 0.494 e. The Morgan fingerprint density at radius 3 is 2.64 bits per heavy atom. The van der Waals surface area contributed by atoms with Gasteiger partial charge in [0.15, 0.2) is 0 Å². The predicted molar refractivity (Wildman–Crippen MR) is 134 cm³/mol. The van der Waals surface area contributed by atoms with Gasteiger partial charge >= 0.3 is 5.97 Å². The van der Waals surface area contributed by atoms with Gasteiger partial charge in [0.05, 0.1) is 6.61 Å². The fraction of sp³-hybridized carbons (Fsp3) is 0.464. The topological polar surface area (TPSA) is 95.9 Å². The van der Waals surface area contributed by atoms with E-state index >= 15 is 4.39 Å². The van der Waals surface area contributed by atoms with Gasteiger partial charge in [-0.3, -0.25) is 14.4 Å². The summed E-state index contributed by atoms with van der Waals surface area (Å²) >= 11 is 0. The van der Waals surface area contributed by atoms with Crippen LogP contribution in [0, 0.1) is 5.82 Å². The van der Waals surface area contributed by atoms with Crippen molar-refractivity contribution < 1.29 is 28.6 Å². The second-order valence-corrected chi connectivity index (χ2v) is 10.1. The highest BCUT2D eigenvalue weighted by Crippen LogP contribution is 2.41. The van der Waals surface area contributed by atoms with E-state index in [9.17, 15) is 14.4 Å². The first-order valence-corrected chi connectivity index (χ1v) is 12.5. The Morgan fingerprint density at radius 2 is 1.92 bits per heavy atom. The number of ether oxygens (including phenoxy) is 1. The first-order chi connectivity index (χ1) is 17.1. The van der Waals surface area contributed by atoms with Crippen molar-refractivity contribution in [2.45, 2.75) is 70.8 Å². The summed E-state index contributed by atoms with van der Waals surface area (Å²) in [4.78, 5) is 39.1. The molecule has 2 aliphatic rings. The number of aliphatic carboxylic acids is 1. The molecule has 1 aliphatic carbocycles. The lowest BCUT2D eigenvalue weighted by Crippen LogP contribution is -2.45. The van der Waals surface area contributed by atoms with Crippen molar-refractivity contribution in [3.8, 4) is 5.75 Å². The second-order valence-electron chi connectivity index (χ2n) is 10.1. The van der Waals surface area contributed by atoms with Crippen LogP contribution in [0.4, 0.5) is 10.1 Å². The Balaban J connectivity index is 1.63. The number of aryl methyl sites for hydroxylation is 1. The number of amides is 2. The molecule has 1 aliphatic heterocycles. The lowest BCUT2D eigenvalue weighted by Gasteiger charge is -2.36. The smallest absolute Gasteiger partial charge is 0.303 e. The predicted octanol–water partition coefficient (Wildman–Crippen LogP) is 4.77. The third-order valence-corrected chi connectivity index (χ3v) is 7.14. The van der Waals surface area contributed by atoms with Gasteiger partial charge in [0.25, 0.3) is 5.91 Å². The molecule has 0 saturated carbocycles. The highest BCUT2D eigenvalue weighted by molar-refractivity contribution is 5.98. The summed E-state index contributed by atoms with van der Waals surface area (Å²) in [6.45, 7) is 6.76. The average molecular weight is 497 g/mol. The summed E-state index contributed by atoms with van der Waals surface area (Å²) in [5, 5.41) is 11.8. The lowest BCUT2D eigenvalue weighted by molar-refractivity contribution is -0.140. The molecule has 1 atom stereocenters. The van der Waals surface area contributed by atoms with Crippen LogP contribution in [0.3, 0.4) is 0 Å². The first-order valence-electron chi connectivity index (χ1n) is 12.5. The second kappa shape index (κ2) is 10.3. The minimum atomic E-state index is -0.966. The summed E-state index contributed by atoms with van der Waals surface area (Å²) in [7, 11) is 0. The van der Waals surface area contributed by atoms with Gasteiger partial charge in [-0.05, 0) is 84.5 Å². The molecule has 0 radical (unpaired) electrons. The Bertz CT molecular complexity index is 1190. The zero-order valence-electron chi connectivity index (χ0n) is 21.0. The molecular weight excluding hydrogens is 463 g/mol. The van der Waals surface area contributed by atoms with Crippen molar-refractivity contribution in [3.63, 3.8) is 0 Å². The number of carbonyl (C=O) groups is 3. The molecule has 0 saturated heterocycles. The third kappa shape index (κ3) is 5.22. The minimum absolute atomic E-state index is 0.0327. The van der Waals surface area contributed by atoms with Crippen LogP contribution < -0.4 is 10.1 Å². The number of fused-ring (bicyclic) bond motifs is 2. The average Bonchev–Trinajstić information content (AvgIpc) is 3.12. The van der Waals surface area contributed by atoms with Crippen molar-refractivity contribution in [1.82, 2.24) is 4.90 Å². The number of carboxylic acids is 1. The Labute approximate surface area is 210 Å². The van der Waals surface area contributed by atoms with Crippen LogP contribution >= 0.6 is 0 Å². The number of carboxylic acid groups (broad SMARTS) is 1. The highest BCUT2D eigenvalue weighted by atomic mass is 19.1. The molecule has 192 valence electrons. The molecule has 4 rings (SSSR count). The van der Waals surface area contributed by atoms with Crippen molar-refractivity contribution in [3.05, 3.63) is 58.4 Å². The number of rotatable bonds is 8. The number of hydrogen-bond acceptors (Lipinski definition) is 4. The van der Waals surface area contributed by atoms with Gasteiger partial charge in [0, 0.05) is 25.1 Å². The van der Waals surface area contributed by atoms with Crippen molar-refractivity contribution >= 4 is 23.5 Å². The number of hydrogen-bond donors (Lipinski definition) is 2. The maximum atomic E-state index is 15.0. The van der Waals surface area contributed by atoms with E-state index in [0.717, 1.165) is 24.0 Å². The van der Waals surface area contributed by atoms with E-state index in [1.807, 2.05) is 32.9 Å². The number of halogens is 1. The van der Waals surface area contributed by atoms with Crippen LogP contribution in [0.15, 0.2) is 30.3 Å². The molecule has 8 heteroatoms. The quantitative estimate of drug-likeness (QED) is 0.549. The maximum Gasteiger partial charge on any atom is 0.303 e. The highest BCUT2D eigenvalue weighted by Gasteiger charge is 2.37. The van der Waals surface area contributed by atoms with Gasteiger partial charge in [-0.15, -0.1) is 0 Å². The van der Waals surface area contributed by atoms with E-state index in [4.69, 9.17) is 9.84 Å². The van der Waals surface area contributed by atoms with Gasteiger partial charge in [-0.25, -0.2) is 4.39 Å².